The van der Waals surface area contributed by atoms with Crippen molar-refractivity contribution in [2.24, 2.45) is 0 Å². The Balaban J connectivity index is 1.72. The lowest BCUT2D eigenvalue weighted by atomic mass is 10.0. The molecule has 0 unspecified atom stereocenters. The third-order valence-corrected chi connectivity index (χ3v) is 5.66. The molecule has 0 bridgehead atoms. The predicted molar refractivity (Wildman–Crippen MR) is 133 cm³/mol. The number of amides is 2. The first-order valence-electron chi connectivity index (χ1n) is 11.1. The summed E-state index contributed by atoms with van der Waals surface area (Å²) < 4.78 is 10.2. The smallest absolute Gasteiger partial charge is 0.408 e. The number of benzene rings is 3. The Morgan fingerprint density at radius 3 is 2.00 bits per heavy atom. The molecule has 3 aromatic rings. The Morgan fingerprint density at radius 2 is 1.37 bits per heavy atom. The molecule has 0 aliphatic rings. The molecule has 0 saturated carbocycles. The summed E-state index contributed by atoms with van der Waals surface area (Å²) in [4.78, 5) is 38.2. The SMILES string of the molecule is COC(=O)[C@H](Cc1ccccc1Cl)NC(=O)[C@@H](Cc1ccccc1)NC(=O)OCc1ccccc1. The molecular formula is C27H27ClN2O5. The molecule has 0 aromatic heterocycles. The highest BCUT2D eigenvalue weighted by Gasteiger charge is 2.28. The lowest BCUT2D eigenvalue weighted by Crippen LogP contribution is -2.53. The molecule has 7 nitrogen and oxygen atoms in total. The molecule has 0 aliphatic heterocycles. The van der Waals surface area contributed by atoms with E-state index in [1.807, 2.05) is 60.7 Å². The van der Waals surface area contributed by atoms with Crippen molar-refractivity contribution in [2.75, 3.05) is 7.11 Å². The van der Waals surface area contributed by atoms with E-state index in [2.05, 4.69) is 10.6 Å². The van der Waals surface area contributed by atoms with Gasteiger partial charge < -0.3 is 20.1 Å². The van der Waals surface area contributed by atoms with Gasteiger partial charge in [-0.05, 0) is 22.8 Å². The summed E-state index contributed by atoms with van der Waals surface area (Å²) in [7, 11) is 1.24. The normalized spacial score (nSPS) is 12.2. The van der Waals surface area contributed by atoms with Crippen LogP contribution in [0.5, 0.6) is 0 Å². The average Bonchev–Trinajstić information content (AvgIpc) is 2.88. The van der Waals surface area contributed by atoms with Crippen molar-refractivity contribution in [1.82, 2.24) is 10.6 Å². The van der Waals surface area contributed by atoms with E-state index >= 15 is 0 Å². The maximum absolute atomic E-state index is 13.2. The van der Waals surface area contributed by atoms with E-state index in [-0.39, 0.29) is 19.4 Å². The van der Waals surface area contributed by atoms with E-state index in [0.717, 1.165) is 11.1 Å². The minimum absolute atomic E-state index is 0.0592. The number of halogens is 1. The van der Waals surface area contributed by atoms with Gasteiger partial charge in [0.05, 0.1) is 7.11 Å². The van der Waals surface area contributed by atoms with Gasteiger partial charge in [0.1, 0.15) is 18.7 Å². The van der Waals surface area contributed by atoms with Gasteiger partial charge in [0.15, 0.2) is 0 Å². The summed E-state index contributed by atoms with van der Waals surface area (Å²) in [6.45, 7) is 0.0592. The molecule has 0 fully saturated rings. The van der Waals surface area contributed by atoms with Crippen LogP contribution in [-0.2, 0) is 38.5 Å². The number of methoxy groups -OCH3 is 1. The highest BCUT2D eigenvalue weighted by atomic mass is 35.5. The minimum Gasteiger partial charge on any atom is -0.467 e. The fraction of sp³-hybridized carbons (Fsp3) is 0.222. The van der Waals surface area contributed by atoms with Crippen molar-refractivity contribution in [3.8, 4) is 0 Å². The number of carbonyl (C=O) groups is 3. The predicted octanol–water partition coefficient (Wildman–Crippen LogP) is 4.08. The largest absolute Gasteiger partial charge is 0.467 e. The number of carbonyl (C=O) groups excluding carboxylic acids is 3. The van der Waals surface area contributed by atoms with Gasteiger partial charge in [0.2, 0.25) is 5.91 Å². The van der Waals surface area contributed by atoms with Crippen molar-refractivity contribution < 1.29 is 23.9 Å². The third kappa shape index (κ3) is 8.15. The molecule has 35 heavy (non-hydrogen) atoms. The molecular weight excluding hydrogens is 468 g/mol. The molecule has 0 saturated heterocycles. The summed E-state index contributed by atoms with van der Waals surface area (Å²) in [5, 5.41) is 5.79. The van der Waals surface area contributed by atoms with E-state index in [4.69, 9.17) is 21.1 Å². The van der Waals surface area contributed by atoms with E-state index in [1.54, 1.807) is 24.3 Å². The summed E-state index contributed by atoms with van der Waals surface area (Å²) in [5.74, 6) is -1.17. The zero-order chi connectivity index (χ0) is 25.0. The Labute approximate surface area is 209 Å². The maximum atomic E-state index is 13.2. The second kappa shape index (κ2) is 13.2. The molecule has 0 radical (unpaired) electrons. The molecule has 0 heterocycles. The van der Waals surface area contributed by atoms with Gasteiger partial charge in [-0.3, -0.25) is 4.79 Å². The quantitative estimate of drug-likeness (QED) is 0.414. The van der Waals surface area contributed by atoms with Crippen LogP contribution in [-0.4, -0.2) is 37.2 Å². The van der Waals surface area contributed by atoms with Crippen LogP contribution in [0, 0.1) is 0 Å². The van der Waals surface area contributed by atoms with Crippen LogP contribution in [0.1, 0.15) is 16.7 Å². The molecule has 2 N–H and O–H groups in total. The second-order valence-electron chi connectivity index (χ2n) is 7.83. The molecule has 0 spiro atoms. The Hall–Kier alpha value is -3.84. The molecule has 3 aromatic carbocycles. The number of rotatable bonds is 10. The number of hydrogen-bond acceptors (Lipinski definition) is 5. The third-order valence-electron chi connectivity index (χ3n) is 5.29. The minimum atomic E-state index is -0.993. The lowest BCUT2D eigenvalue weighted by molar-refractivity contribution is -0.145. The van der Waals surface area contributed by atoms with Gasteiger partial charge >= 0.3 is 12.1 Å². The number of ether oxygens (including phenoxy) is 2. The van der Waals surface area contributed by atoms with Crippen LogP contribution in [0.15, 0.2) is 84.9 Å². The van der Waals surface area contributed by atoms with Crippen LogP contribution < -0.4 is 10.6 Å². The average molecular weight is 495 g/mol. The summed E-state index contributed by atoms with van der Waals surface area (Å²) >= 11 is 6.24. The molecule has 2 atom stereocenters. The van der Waals surface area contributed by atoms with Crippen molar-refractivity contribution in [3.63, 3.8) is 0 Å². The topological polar surface area (TPSA) is 93.7 Å². The second-order valence-corrected chi connectivity index (χ2v) is 8.24. The van der Waals surface area contributed by atoms with Crippen molar-refractivity contribution in [2.45, 2.75) is 31.5 Å². The maximum Gasteiger partial charge on any atom is 0.408 e. The van der Waals surface area contributed by atoms with E-state index in [1.165, 1.54) is 7.11 Å². The molecule has 0 aliphatic carbocycles. The highest BCUT2D eigenvalue weighted by Crippen LogP contribution is 2.17. The zero-order valence-corrected chi connectivity index (χ0v) is 20.0. The lowest BCUT2D eigenvalue weighted by Gasteiger charge is -2.22. The van der Waals surface area contributed by atoms with Gasteiger partial charge in [-0.1, -0.05) is 90.5 Å². The standard InChI is InChI=1S/C27H27ClN2O5/c1-34-26(32)24(17-21-14-8-9-15-22(21)28)29-25(31)23(16-19-10-4-2-5-11-19)30-27(33)35-18-20-12-6-3-7-13-20/h2-15,23-24H,16-18H2,1H3,(H,29,31)(H,30,33)/t23-,24+/m1/s1. The summed E-state index contributed by atoms with van der Waals surface area (Å²) in [6.07, 6.45) is -0.410. The first kappa shape index (κ1) is 25.8. The molecule has 3 rings (SSSR count). The molecule has 182 valence electrons. The van der Waals surface area contributed by atoms with Crippen LogP contribution in [0.25, 0.3) is 0 Å². The van der Waals surface area contributed by atoms with Gasteiger partial charge in [0.25, 0.3) is 0 Å². The van der Waals surface area contributed by atoms with Crippen LogP contribution in [0.2, 0.25) is 5.02 Å². The van der Waals surface area contributed by atoms with Crippen molar-refractivity contribution in [3.05, 3.63) is 107 Å². The molecule has 2 amide bonds. The first-order valence-corrected chi connectivity index (χ1v) is 11.5. The number of alkyl carbamates (subject to hydrolysis) is 1. The van der Waals surface area contributed by atoms with Crippen LogP contribution in [0.3, 0.4) is 0 Å². The summed E-state index contributed by atoms with van der Waals surface area (Å²) in [5.41, 5.74) is 2.33. The van der Waals surface area contributed by atoms with Gasteiger partial charge in [0, 0.05) is 17.9 Å². The fourth-order valence-corrected chi connectivity index (χ4v) is 3.67. The number of esters is 1. The van der Waals surface area contributed by atoms with E-state index < -0.39 is 30.1 Å². The Kier molecular flexibility index (Phi) is 9.69. The van der Waals surface area contributed by atoms with Crippen molar-refractivity contribution >= 4 is 29.6 Å². The highest BCUT2D eigenvalue weighted by molar-refractivity contribution is 6.31. The van der Waals surface area contributed by atoms with Crippen LogP contribution >= 0.6 is 11.6 Å². The van der Waals surface area contributed by atoms with Gasteiger partial charge in [-0.15, -0.1) is 0 Å². The van der Waals surface area contributed by atoms with Crippen molar-refractivity contribution in [1.29, 1.82) is 0 Å². The van der Waals surface area contributed by atoms with Gasteiger partial charge in [-0.25, -0.2) is 9.59 Å². The fourth-order valence-electron chi connectivity index (χ4n) is 3.46. The first-order chi connectivity index (χ1) is 17.0. The number of nitrogens with one attached hydrogen (secondary N) is 2. The number of hydrogen-bond donors (Lipinski definition) is 2. The van der Waals surface area contributed by atoms with E-state index in [0.29, 0.717) is 10.6 Å². The Morgan fingerprint density at radius 1 is 0.771 bits per heavy atom. The zero-order valence-electron chi connectivity index (χ0n) is 19.3. The Bertz CT molecular complexity index is 1120. The van der Waals surface area contributed by atoms with Crippen LogP contribution in [0.4, 0.5) is 4.79 Å². The molecule has 8 heteroatoms. The monoisotopic (exact) mass is 494 g/mol. The van der Waals surface area contributed by atoms with Gasteiger partial charge in [-0.2, -0.15) is 0 Å². The summed E-state index contributed by atoms with van der Waals surface area (Å²) in [6, 6.07) is 23.5. The van der Waals surface area contributed by atoms with E-state index in [9.17, 15) is 14.4 Å².